The van der Waals surface area contributed by atoms with Gasteiger partial charge in [-0.2, -0.15) is 4.98 Å². The number of nitrogens with zero attached hydrogens (tertiary/aromatic N) is 4. The van der Waals surface area contributed by atoms with Gasteiger partial charge < -0.3 is 13.8 Å². The van der Waals surface area contributed by atoms with E-state index in [-0.39, 0.29) is 6.10 Å². The maximum atomic E-state index is 5.66. The highest BCUT2D eigenvalue weighted by Gasteiger charge is 2.34. The van der Waals surface area contributed by atoms with Crippen LogP contribution in [0.2, 0.25) is 0 Å². The summed E-state index contributed by atoms with van der Waals surface area (Å²) in [6, 6.07) is 1.99. The Morgan fingerprint density at radius 2 is 2.12 bits per heavy atom. The van der Waals surface area contributed by atoms with Crippen molar-refractivity contribution in [1.82, 2.24) is 20.2 Å². The first-order chi connectivity index (χ1) is 11.5. The van der Waals surface area contributed by atoms with E-state index in [0.29, 0.717) is 18.4 Å². The van der Waals surface area contributed by atoms with Crippen LogP contribution in [0.3, 0.4) is 0 Å². The van der Waals surface area contributed by atoms with Crippen molar-refractivity contribution in [3.63, 3.8) is 0 Å². The first kappa shape index (κ1) is 17.1. The average Bonchev–Trinajstić information content (AvgIpc) is 3.21. The predicted molar refractivity (Wildman–Crippen MR) is 87.3 cm³/mol. The summed E-state index contributed by atoms with van der Waals surface area (Å²) in [6.45, 7) is 8.70. The third-order valence-electron chi connectivity index (χ3n) is 4.36. The molecule has 0 bridgehead atoms. The van der Waals surface area contributed by atoms with Crippen molar-refractivity contribution in [1.29, 1.82) is 0 Å². The van der Waals surface area contributed by atoms with Gasteiger partial charge >= 0.3 is 0 Å². The molecular weight excluding hydrogens is 308 g/mol. The molecule has 0 N–H and O–H groups in total. The number of rotatable bonds is 7. The van der Waals surface area contributed by atoms with Gasteiger partial charge in [0.05, 0.1) is 18.3 Å². The molecule has 0 spiro atoms. The summed E-state index contributed by atoms with van der Waals surface area (Å²) in [7, 11) is 1.77. The van der Waals surface area contributed by atoms with Crippen molar-refractivity contribution < 1.29 is 13.8 Å². The first-order valence-corrected chi connectivity index (χ1v) is 8.52. The molecule has 0 aromatic carbocycles. The fourth-order valence-corrected chi connectivity index (χ4v) is 3.28. The molecule has 1 aliphatic rings. The number of hydrogen-bond acceptors (Lipinski definition) is 7. The van der Waals surface area contributed by atoms with E-state index in [9.17, 15) is 0 Å². The van der Waals surface area contributed by atoms with Gasteiger partial charge in [0.15, 0.2) is 5.82 Å². The molecule has 1 saturated heterocycles. The maximum Gasteiger partial charge on any atom is 0.226 e. The van der Waals surface area contributed by atoms with Gasteiger partial charge in [-0.3, -0.25) is 4.90 Å². The number of aryl methyl sites for hydroxylation is 1. The fraction of sp³-hybridized carbons (Fsp3) is 0.706. The summed E-state index contributed by atoms with van der Waals surface area (Å²) < 4.78 is 16.3. The van der Waals surface area contributed by atoms with Crippen LogP contribution < -0.4 is 0 Å². The van der Waals surface area contributed by atoms with E-state index in [1.54, 1.807) is 7.11 Å². The third-order valence-corrected chi connectivity index (χ3v) is 4.36. The van der Waals surface area contributed by atoms with Crippen LogP contribution in [0.15, 0.2) is 15.1 Å². The Balaban J connectivity index is 1.58. The van der Waals surface area contributed by atoms with Crippen molar-refractivity contribution in [3.8, 4) is 0 Å². The summed E-state index contributed by atoms with van der Waals surface area (Å²) in [5.41, 5.74) is 0.915. The number of methoxy groups -OCH3 is 1. The number of aromatic nitrogens is 3. The van der Waals surface area contributed by atoms with Gasteiger partial charge in [0.1, 0.15) is 5.76 Å². The standard InChI is InChI=1S/C17H26N4O3/c1-11(2)5-17-18-16(20-24-17)10-21-8-13(15(9-21)22-4)7-14-6-12(3)19-23-14/h6,11,13,15H,5,7-10H2,1-4H3/t13-,15+/m1/s1. The fourth-order valence-electron chi connectivity index (χ4n) is 3.28. The monoisotopic (exact) mass is 334 g/mol. The van der Waals surface area contributed by atoms with Crippen molar-refractivity contribution in [2.75, 3.05) is 20.2 Å². The van der Waals surface area contributed by atoms with Crippen LogP contribution in [0.1, 0.15) is 37.0 Å². The second kappa shape index (κ2) is 7.44. The molecule has 1 aliphatic heterocycles. The van der Waals surface area contributed by atoms with Crippen LogP contribution in [0.4, 0.5) is 0 Å². The molecule has 24 heavy (non-hydrogen) atoms. The molecule has 2 aromatic heterocycles. The van der Waals surface area contributed by atoms with Crippen LogP contribution in [-0.4, -0.2) is 46.5 Å². The zero-order valence-electron chi connectivity index (χ0n) is 14.9. The molecule has 7 heteroatoms. The van der Waals surface area contributed by atoms with Crippen LogP contribution >= 0.6 is 0 Å². The summed E-state index contributed by atoms with van der Waals surface area (Å²) in [4.78, 5) is 6.80. The molecule has 132 valence electrons. The van der Waals surface area contributed by atoms with Gasteiger partial charge in [-0.15, -0.1) is 0 Å². The average molecular weight is 334 g/mol. The molecule has 2 atom stereocenters. The second-order valence-electron chi connectivity index (χ2n) is 7.07. The van der Waals surface area contributed by atoms with Gasteiger partial charge in [0.25, 0.3) is 0 Å². The molecular formula is C17H26N4O3. The van der Waals surface area contributed by atoms with Crippen molar-refractivity contribution in [3.05, 3.63) is 29.2 Å². The van der Waals surface area contributed by atoms with Crippen LogP contribution in [0, 0.1) is 18.8 Å². The van der Waals surface area contributed by atoms with E-state index in [0.717, 1.165) is 49.1 Å². The Labute approximate surface area is 142 Å². The largest absolute Gasteiger partial charge is 0.380 e. The summed E-state index contributed by atoms with van der Waals surface area (Å²) in [6.07, 6.45) is 1.83. The minimum atomic E-state index is 0.178. The van der Waals surface area contributed by atoms with E-state index in [1.165, 1.54) is 0 Å². The molecule has 3 heterocycles. The molecule has 0 saturated carbocycles. The van der Waals surface area contributed by atoms with Gasteiger partial charge in [-0.1, -0.05) is 24.2 Å². The summed E-state index contributed by atoms with van der Waals surface area (Å²) in [5, 5.41) is 8.06. The quantitative estimate of drug-likeness (QED) is 0.768. The molecule has 7 nitrogen and oxygen atoms in total. The Morgan fingerprint density at radius 3 is 2.79 bits per heavy atom. The van der Waals surface area contributed by atoms with Gasteiger partial charge in [0, 0.05) is 45.0 Å². The van der Waals surface area contributed by atoms with E-state index >= 15 is 0 Å². The molecule has 0 unspecified atom stereocenters. The lowest BCUT2D eigenvalue weighted by molar-refractivity contribution is 0.0760. The van der Waals surface area contributed by atoms with Crippen LogP contribution in [-0.2, 0) is 24.1 Å². The smallest absolute Gasteiger partial charge is 0.226 e. The highest BCUT2D eigenvalue weighted by atomic mass is 16.5. The molecule has 3 rings (SSSR count). The highest BCUT2D eigenvalue weighted by Crippen LogP contribution is 2.25. The normalized spacial score (nSPS) is 21.9. The van der Waals surface area contributed by atoms with Crippen molar-refractivity contribution in [2.45, 2.75) is 46.3 Å². The van der Waals surface area contributed by atoms with Crippen LogP contribution in [0.5, 0.6) is 0 Å². The number of ether oxygens (including phenoxy) is 1. The topological polar surface area (TPSA) is 77.4 Å². The van der Waals surface area contributed by atoms with Gasteiger partial charge in [-0.05, 0) is 12.8 Å². The Kier molecular flexibility index (Phi) is 5.30. The summed E-state index contributed by atoms with van der Waals surface area (Å²) >= 11 is 0. The van der Waals surface area contributed by atoms with E-state index in [4.69, 9.17) is 13.8 Å². The second-order valence-corrected chi connectivity index (χ2v) is 7.07. The first-order valence-electron chi connectivity index (χ1n) is 8.52. The third kappa shape index (κ3) is 4.21. The molecule has 1 fully saturated rings. The SMILES string of the molecule is CO[C@H]1CN(Cc2noc(CC(C)C)n2)C[C@H]1Cc1cc(C)no1. The van der Waals surface area contributed by atoms with E-state index < -0.39 is 0 Å². The Morgan fingerprint density at radius 1 is 1.29 bits per heavy atom. The summed E-state index contributed by atoms with van der Waals surface area (Å²) in [5.74, 6) is 3.27. The minimum absolute atomic E-state index is 0.178. The van der Waals surface area contributed by atoms with Crippen molar-refractivity contribution >= 4 is 0 Å². The highest BCUT2D eigenvalue weighted by molar-refractivity contribution is 5.05. The lowest BCUT2D eigenvalue weighted by Crippen LogP contribution is -2.23. The zero-order valence-corrected chi connectivity index (χ0v) is 14.9. The maximum absolute atomic E-state index is 5.66. The lowest BCUT2D eigenvalue weighted by atomic mass is 10.0. The molecule has 2 aromatic rings. The van der Waals surface area contributed by atoms with Gasteiger partial charge in [-0.25, -0.2) is 0 Å². The van der Waals surface area contributed by atoms with E-state index in [2.05, 4.69) is 34.0 Å². The van der Waals surface area contributed by atoms with Crippen molar-refractivity contribution in [2.24, 2.45) is 11.8 Å². The van der Waals surface area contributed by atoms with Gasteiger partial charge in [0.2, 0.25) is 5.89 Å². The number of hydrogen-bond donors (Lipinski definition) is 0. The predicted octanol–water partition coefficient (Wildman–Crippen LogP) is 2.25. The molecule has 0 aliphatic carbocycles. The Bertz CT molecular complexity index is 652. The Hall–Kier alpha value is -1.73. The van der Waals surface area contributed by atoms with Crippen LogP contribution in [0.25, 0.3) is 0 Å². The lowest BCUT2D eigenvalue weighted by Gasteiger charge is -2.14. The number of likely N-dealkylation sites (tertiary alicyclic amines) is 1. The molecule has 0 radical (unpaired) electrons. The zero-order chi connectivity index (χ0) is 17.1. The molecule has 0 amide bonds. The minimum Gasteiger partial charge on any atom is -0.380 e. The van der Waals surface area contributed by atoms with E-state index in [1.807, 2.05) is 13.0 Å².